The highest BCUT2D eigenvalue weighted by atomic mass is 13.7. The zero-order chi connectivity index (χ0) is 8.41. The summed E-state index contributed by atoms with van der Waals surface area (Å²) in [5.74, 6) is 0. The summed E-state index contributed by atoms with van der Waals surface area (Å²) >= 11 is 0. The molecular weight excluding hydrogens is 60.1 g/mol. The molecule has 0 aromatic carbocycles. The molecule has 0 aromatic rings. The van der Waals surface area contributed by atoms with Gasteiger partial charge < -0.3 is 0 Å². The molecule has 0 saturated heterocycles. The van der Waals surface area contributed by atoms with E-state index >= 15 is 0 Å². The van der Waals surface area contributed by atoms with E-state index in [4.69, 9.17) is 6.85 Å². The molecule has 0 aliphatic carbocycles. The Labute approximate surface area is 41.2 Å². The fourth-order valence-electron chi connectivity index (χ4n) is 0.125. The van der Waals surface area contributed by atoms with Gasteiger partial charge in [-0.3, -0.25) is 0 Å². The van der Waals surface area contributed by atoms with Gasteiger partial charge in [0, 0.05) is 6.85 Å². The third kappa shape index (κ3) is 4.00. The molecule has 0 nitrogen and oxygen atoms in total. The first-order valence-electron chi connectivity index (χ1n) is 4.37. The van der Waals surface area contributed by atoms with Crippen LogP contribution in [0.1, 0.15) is 39.8 Å². The zero-order valence-electron chi connectivity index (χ0n) is 8.41. The second kappa shape index (κ2) is 4.00. The van der Waals surface area contributed by atoms with Gasteiger partial charge in [-0.25, -0.2) is 0 Å². The molecule has 0 amide bonds. The summed E-state index contributed by atoms with van der Waals surface area (Å²) in [6.07, 6.45) is -3.77. The van der Waals surface area contributed by atoms with Gasteiger partial charge in [0.25, 0.3) is 0 Å². The maximum Gasteiger partial charge on any atom is 0.0266 e. The predicted molar refractivity (Wildman–Crippen MR) is 25.2 cm³/mol. The van der Waals surface area contributed by atoms with Crippen LogP contribution < -0.4 is 0 Å². The molecular formula is C5H12. The van der Waals surface area contributed by atoms with Crippen molar-refractivity contribution in [2.75, 3.05) is 0 Å². The molecule has 0 aliphatic heterocycles. The Hall–Kier alpha value is 0. The summed E-state index contributed by atoms with van der Waals surface area (Å²) in [7, 11) is 0. The monoisotopic (exact) mass is 77.1 g/mol. The van der Waals surface area contributed by atoms with Gasteiger partial charge in [-0.05, 0) is 0 Å². The lowest BCUT2D eigenvalue weighted by Crippen LogP contribution is -1.59. The summed E-state index contributed by atoms with van der Waals surface area (Å²) in [6, 6.07) is 0. The van der Waals surface area contributed by atoms with E-state index in [0.717, 1.165) is 0 Å². The van der Waals surface area contributed by atoms with Crippen molar-refractivity contribution in [2.45, 2.75) is 33.0 Å². The van der Waals surface area contributed by atoms with Crippen molar-refractivity contribution in [1.82, 2.24) is 0 Å². The first-order chi connectivity index (χ1) is 4.37. The Morgan fingerprint density at radius 1 is 2.00 bits per heavy atom. The van der Waals surface area contributed by atoms with Crippen molar-refractivity contribution in [2.24, 2.45) is 0 Å². The van der Waals surface area contributed by atoms with Crippen molar-refractivity contribution in [3.63, 3.8) is 0 Å². The summed E-state index contributed by atoms with van der Waals surface area (Å²) in [4.78, 5) is 0. The third-order valence-electron chi connectivity index (χ3n) is 0.302. The molecule has 0 rings (SSSR count). The Kier molecular flexibility index (Phi) is 0.790. The lowest BCUT2D eigenvalue weighted by molar-refractivity contribution is 0.772. The molecule has 0 N–H and O–H groups in total. The number of hydrogen-bond donors (Lipinski definition) is 0. The average Bonchev–Trinajstić information content (AvgIpc) is 1.88. The molecule has 0 saturated carbocycles. The minimum Gasteiger partial charge on any atom is -0.0654 e. The quantitative estimate of drug-likeness (QED) is 0.474. The fraction of sp³-hybridized carbons (Fsp3) is 1.00. The van der Waals surface area contributed by atoms with Gasteiger partial charge in [0.05, 0.1) is 0 Å². The summed E-state index contributed by atoms with van der Waals surface area (Å²) in [5.41, 5.74) is 0. The van der Waals surface area contributed by atoms with Gasteiger partial charge in [0.15, 0.2) is 0 Å². The first kappa shape index (κ1) is 0.988. The molecule has 0 fully saturated rings. The van der Waals surface area contributed by atoms with Crippen LogP contribution in [0.5, 0.6) is 0 Å². The lowest BCUT2D eigenvalue weighted by atomic mass is 10.3. The zero-order valence-corrected chi connectivity index (χ0v) is 3.41. The SMILES string of the molecule is [2H]CC([2H])([2H])C([2H])([2H])CC. The minimum absolute atomic E-state index is 0.110. The van der Waals surface area contributed by atoms with E-state index in [1.807, 2.05) is 0 Å². The van der Waals surface area contributed by atoms with E-state index < -0.39 is 19.6 Å². The number of rotatable bonds is 2. The second-order valence-corrected chi connectivity index (χ2v) is 0.707. The molecule has 0 radical (unpaired) electrons. The maximum atomic E-state index is 7.15. The van der Waals surface area contributed by atoms with Crippen LogP contribution in [0.3, 0.4) is 0 Å². The van der Waals surface area contributed by atoms with Crippen molar-refractivity contribution in [3.05, 3.63) is 0 Å². The average molecular weight is 77.2 g/mol. The molecule has 0 atom stereocenters. The Morgan fingerprint density at radius 2 is 2.80 bits per heavy atom. The van der Waals surface area contributed by atoms with E-state index in [1.165, 1.54) is 0 Å². The van der Waals surface area contributed by atoms with E-state index in [9.17, 15) is 0 Å². The highest BCUT2D eigenvalue weighted by molar-refractivity contribution is 4.24. The third-order valence-corrected chi connectivity index (χ3v) is 0.302. The molecule has 32 valence electrons. The van der Waals surface area contributed by atoms with Crippen LogP contribution in [0, 0.1) is 0 Å². The van der Waals surface area contributed by atoms with Crippen LogP contribution >= 0.6 is 0 Å². The highest BCUT2D eigenvalue weighted by Gasteiger charge is 1.68. The summed E-state index contributed by atoms with van der Waals surface area (Å²) < 4.78 is 35.2. The van der Waals surface area contributed by atoms with Gasteiger partial charge in [-0.15, -0.1) is 0 Å². The van der Waals surface area contributed by atoms with Crippen LogP contribution in [0.4, 0.5) is 0 Å². The standard InChI is InChI=1S/C5H12/c1-3-5-4-2/h3-5H2,1-2H3/i1D,3D2,5D2. The second-order valence-electron chi connectivity index (χ2n) is 0.707. The molecule has 0 heterocycles. The van der Waals surface area contributed by atoms with Gasteiger partial charge >= 0.3 is 0 Å². The van der Waals surface area contributed by atoms with Crippen LogP contribution in [-0.4, -0.2) is 0 Å². The van der Waals surface area contributed by atoms with Gasteiger partial charge in [0.2, 0.25) is 0 Å². The fourth-order valence-corrected chi connectivity index (χ4v) is 0.125. The highest BCUT2D eigenvalue weighted by Crippen LogP contribution is 1.88. The molecule has 0 heteroatoms. The number of hydrogen-bond acceptors (Lipinski definition) is 0. The van der Waals surface area contributed by atoms with Gasteiger partial charge in [-0.2, -0.15) is 0 Å². The van der Waals surface area contributed by atoms with Crippen molar-refractivity contribution in [3.8, 4) is 0 Å². The van der Waals surface area contributed by atoms with Gasteiger partial charge in [-0.1, -0.05) is 33.0 Å². The molecule has 0 aromatic heterocycles. The Morgan fingerprint density at radius 3 is 3.00 bits per heavy atom. The largest absolute Gasteiger partial charge is 0.0654 e. The van der Waals surface area contributed by atoms with Crippen molar-refractivity contribution < 1.29 is 6.85 Å². The first-order valence-corrected chi connectivity index (χ1v) is 1.66. The van der Waals surface area contributed by atoms with E-state index in [0.29, 0.717) is 0 Å². The van der Waals surface area contributed by atoms with E-state index in [-0.39, 0.29) is 6.42 Å². The molecule has 0 unspecified atom stereocenters. The van der Waals surface area contributed by atoms with Crippen molar-refractivity contribution in [1.29, 1.82) is 0 Å². The van der Waals surface area contributed by atoms with Crippen LogP contribution in [-0.2, 0) is 0 Å². The predicted octanol–water partition coefficient (Wildman–Crippen LogP) is 2.20. The molecule has 0 bridgehead atoms. The topological polar surface area (TPSA) is 0 Å². The Balaban J connectivity index is 4.28. The Bertz CT molecular complexity index is 94.6. The summed E-state index contributed by atoms with van der Waals surface area (Å²) in [6.45, 7) is 1.06. The molecule has 0 spiro atoms. The lowest BCUT2D eigenvalue weighted by Gasteiger charge is -1.79. The van der Waals surface area contributed by atoms with Gasteiger partial charge in [0.1, 0.15) is 0 Å². The van der Waals surface area contributed by atoms with Crippen LogP contribution in [0.15, 0.2) is 0 Å². The summed E-state index contributed by atoms with van der Waals surface area (Å²) in [5, 5.41) is 0. The molecule has 0 aliphatic rings. The van der Waals surface area contributed by atoms with E-state index in [1.54, 1.807) is 6.92 Å². The maximum absolute atomic E-state index is 7.15. The smallest absolute Gasteiger partial charge is 0.0266 e. The molecule has 5 heavy (non-hydrogen) atoms. The van der Waals surface area contributed by atoms with E-state index in [2.05, 4.69) is 0 Å². The van der Waals surface area contributed by atoms with Crippen LogP contribution in [0.25, 0.3) is 0 Å². The minimum atomic E-state index is -2.01. The van der Waals surface area contributed by atoms with Crippen molar-refractivity contribution >= 4 is 0 Å². The normalized spacial score (nSPS) is 28.6. The van der Waals surface area contributed by atoms with Crippen LogP contribution in [0.2, 0.25) is 0 Å².